The van der Waals surface area contributed by atoms with Crippen molar-refractivity contribution in [1.82, 2.24) is 10.6 Å². The van der Waals surface area contributed by atoms with Crippen LogP contribution in [0.2, 0.25) is 5.02 Å². The van der Waals surface area contributed by atoms with Crippen molar-refractivity contribution in [2.24, 2.45) is 0 Å². The number of benzene rings is 2. The van der Waals surface area contributed by atoms with Crippen molar-refractivity contribution in [3.8, 4) is 11.8 Å². The summed E-state index contributed by atoms with van der Waals surface area (Å²) in [6.07, 6.45) is 7.12. The van der Waals surface area contributed by atoms with E-state index in [9.17, 15) is 14.9 Å². The van der Waals surface area contributed by atoms with E-state index in [1.54, 1.807) is 36.4 Å². The summed E-state index contributed by atoms with van der Waals surface area (Å²) in [6, 6.07) is 16.2. The van der Waals surface area contributed by atoms with E-state index in [1.807, 2.05) is 18.2 Å². The lowest BCUT2D eigenvalue weighted by Gasteiger charge is -2.22. The number of ether oxygens (including phenoxy) is 1. The molecule has 1 aliphatic carbocycles. The number of nitrogens with one attached hydrogen (secondary N) is 2. The Kier molecular flexibility index (Phi) is 8.70. The van der Waals surface area contributed by atoms with E-state index in [2.05, 4.69) is 10.6 Å². The van der Waals surface area contributed by atoms with Crippen molar-refractivity contribution in [1.29, 1.82) is 5.26 Å². The summed E-state index contributed by atoms with van der Waals surface area (Å²) in [7, 11) is 0. The van der Waals surface area contributed by atoms with Crippen LogP contribution >= 0.6 is 11.6 Å². The van der Waals surface area contributed by atoms with Gasteiger partial charge in [0.2, 0.25) is 0 Å². The Hall–Kier alpha value is -3.30. The fraction of sp³-hybridized carbons (Fsp3) is 0.320. The van der Waals surface area contributed by atoms with Gasteiger partial charge in [0.05, 0.1) is 0 Å². The molecular weight excluding hydrogens is 426 g/mol. The lowest BCUT2D eigenvalue weighted by atomic mass is 9.95. The summed E-state index contributed by atoms with van der Waals surface area (Å²) in [4.78, 5) is 24.4. The minimum atomic E-state index is -0.456. The second-order valence-corrected chi connectivity index (χ2v) is 8.18. The maximum absolute atomic E-state index is 12.3. The molecule has 0 saturated heterocycles. The van der Waals surface area contributed by atoms with Crippen LogP contribution in [0, 0.1) is 11.3 Å². The summed E-state index contributed by atoms with van der Waals surface area (Å²) in [5.74, 6) is -0.0289. The first-order chi connectivity index (χ1) is 15.5. The van der Waals surface area contributed by atoms with E-state index in [1.165, 1.54) is 12.5 Å². The van der Waals surface area contributed by atoms with Gasteiger partial charge in [-0.05, 0) is 54.3 Å². The highest BCUT2D eigenvalue weighted by Gasteiger charge is 2.15. The van der Waals surface area contributed by atoms with Crippen molar-refractivity contribution in [2.75, 3.05) is 6.61 Å². The van der Waals surface area contributed by atoms with E-state index in [-0.39, 0.29) is 24.1 Å². The molecule has 2 N–H and O–H groups in total. The average Bonchev–Trinajstić information content (AvgIpc) is 2.82. The summed E-state index contributed by atoms with van der Waals surface area (Å²) in [5, 5.41) is 15.7. The minimum absolute atomic E-state index is 0.000471. The van der Waals surface area contributed by atoms with Gasteiger partial charge in [0.1, 0.15) is 17.4 Å². The summed E-state index contributed by atoms with van der Waals surface area (Å²) in [6.45, 7) is 0.257. The normalized spacial score (nSPS) is 14.3. The molecule has 32 heavy (non-hydrogen) atoms. The lowest BCUT2D eigenvalue weighted by Crippen LogP contribution is -2.38. The highest BCUT2D eigenvalue weighted by molar-refractivity contribution is 6.30. The van der Waals surface area contributed by atoms with Crippen LogP contribution in [0.3, 0.4) is 0 Å². The fourth-order valence-electron chi connectivity index (χ4n) is 3.52. The minimum Gasteiger partial charge on any atom is -0.484 e. The first-order valence-corrected chi connectivity index (χ1v) is 11.1. The molecule has 1 saturated carbocycles. The Morgan fingerprint density at radius 2 is 1.75 bits per heavy atom. The molecule has 0 atom stereocenters. The lowest BCUT2D eigenvalue weighted by molar-refractivity contribution is -0.124. The largest absolute Gasteiger partial charge is 0.484 e. The molecule has 6 nitrogen and oxygen atoms in total. The molecule has 7 heteroatoms. The molecule has 1 fully saturated rings. The van der Waals surface area contributed by atoms with Crippen LogP contribution in [0.25, 0.3) is 6.08 Å². The standard InChI is InChI=1S/C25H26ClN3O3/c26-21-10-6-19(7-11-21)16-28-25(31)20(15-27)14-18-8-12-23(13-9-18)32-17-24(30)29-22-4-2-1-3-5-22/h6-14,22H,1-5,16-17H2,(H,28,31)(H,29,30). The van der Waals surface area contributed by atoms with Crippen molar-refractivity contribution >= 4 is 29.5 Å². The molecule has 0 aliphatic heterocycles. The third kappa shape index (κ3) is 7.44. The van der Waals surface area contributed by atoms with Crippen molar-refractivity contribution in [2.45, 2.75) is 44.7 Å². The second-order valence-electron chi connectivity index (χ2n) is 7.74. The zero-order chi connectivity index (χ0) is 22.8. The van der Waals surface area contributed by atoms with Gasteiger partial charge in [0, 0.05) is 17.6 Å². The van der Waals surface area contributed by atoms with E-state index >= 15 is 0 Å². The van der Waals surface area contributed by atoms with Crippen molar-refractivity contribution in [3.63, 3.8) is 0 Å². The van der Waals surface area contributed by atoms with Crippen LogP contribution in [-0.4, -0.2) is 24.5 Å². The smallest absolute Gasteiger partial charge is 0.262 e. The number of nitriles is 1. The number of halogens is 1. The van der Waals surface area contributed by atoms with Crippen LogP contribution in [0.1, 0.15) is 43.2 Å². The first kappa shape index (κ1) is 23.4. The average molecular weight is 452 g/mol. The number of hydrogen-bond acceptors (Lipinski definition) is 4. The Morgan fingerprint density at radius 1 is 1.06 bits per heavy atom. The molecule has 0 spiro atoms. The number of carbonyl (C=O) groups excluding carboxylic acids is 2. The number of nitrogens with zero attached hydrogens (tertiary/aromatic N) is 1. The monoisotopic (exact) mass is 451 g/mol. The Bertz CT molecular complexity index is 989. The maximum Gasteiger partial charge on any atom is 0.262 e. The molecule has 2 aromatic carbocycles. The Labute approximate surface area is 193 Å². The number of amides is 2. The molecule has 0 bridgehead atoms. The zero-order valence-electron chi connectivity index (χ0n) is 17.8. The highest BCUT2D eigenvalue weighted by Crippen LogP contribution is 2.18. The van der Waals surface area contributed by atoms with E-state index in [4.69, 9.17) is 16.3 Å². The van der Waals surface area contributed by atoms with Gasteiger partial charge >= 0.3 is 0 Å². The SMILES string of the molecule is N#CC(=Cc1ccc(OCC(=O)NC2CCCCC2)cc1)C(=O)NCc1ccc(Cl)cc1. The zero-order valence-corrected chi connectivity index (χ0v) is 18.5. The number of hydrogen-bond donors (Lipinski definition) is 2. The van der Waals surface area contributed by atoms with Gasteiger partial charge in [-0.2, -0.15) is 5.26 Å². The number of rotatable bonds is 8. The van der Waals surface area contributed by atoms with Gasteiger partial charge in [-0.15, -0.1) is 0 Å². The predicted octanol–water partition coefficient (Wildman–Crippen LogP) is 4.39. The summed E-state index contributed by atoms with van der Waals surface area (Å²) >= 11 is 5.86. The molecule has 0 unspecified atom stereocenters. The van der Waals surface area contributed by atoms with Crippen molar-refractivity contribution < 1.29 is 14.3 Å². The van der Waals surface area contributed by atoms with E-state index < -0.39 is 5.91 Å². The molecule has 2 aromatic rings. The highest BCUT2D eigenvalue weighted by atomic mass is 35.5. The molecule has 0 aromatic heterocycles. The van der Waals surface area contributed by atoms with E-state index in [0.717, 1.165) is 31.2 Å². The summed E-state index contributed by atoms with van der Waals surface area (Å²) in [5.41, 5.74) is 1.57. The van der Waals surface area contributed by atoms with Crippen LogP contribution < -0.4 is 15.4 Å². The van der Waals surface area contributed by atoms with Gasteiger partial charge in [0.15, 0.2) is 6.61 Å². The predicted molar refractivity (Wildman–Crippen MR) is 124 cm³/mol. The molecule has 0 heterocycles. The molecule has 1 aliphatic rings. The van der Waals surface area contributed by atoms with Crippen LogP contribution in [0.15, 0.2) is 54.1 Å². The van der Waals surface area contributed by atoms with Crippen molar-refractivity contribution in [3.05, 3.63) is 70.3 Å². The molecule has 166 valence electrons. The fourth-order valence-corrected chi connectivity index (χ4v) is 3.65. The molecule has 0 radical (unpaired) electrons. The van der Waals surface area contributed by atoms with Crippen LogP contribution in [0.5, 0.6) is 5.75 Å². The third-order valence-electron chi connectivity index (χ3n) is 5.26. The van der Waals surface area contributed by atoms with Gasteiger partial charge < -0.3 is 15.4 Å². The van der Waals surface area contributed by atoms with Crippen LogP contribution in [0.4, 0.5) is 0 Å². The van der Waals surface area contributed by atoms with Gasteiger partial charge in [-0.1, -0.05) is 55.1 Å². The van der Waals surface area contributed by atoms with Crippen LogP contribution in [-0.2, 0) is 16.1 Å². The molecule has 3 rings (SSSR count). The molecular formula is C25H26ClN3O3. The quantitative estimate of drug-likeness (QED) is 0.460. The first-order valence-electron chi connectivity index (χ1n) is 10.7. The Balaban J connectivity index is 1.49. The topological polar surface area (TPSA) is 91.2 Å². The van der Waals surface area contributed by atoms with Gasteiger partial charge in [0.25, 0.3) is 11.8 Å². The van der Waals surface area contributed by atoms with E-state index in [0.29, 0.717) is 22.9 Å². The Morgan fingerprint density at radius 3 is 2.41 bits per heavy atom. The second kappa shape index (κ2) is 11.9. The van der Waals surface area contributed by atoms with Gasteiger partial charge in [-0.25, -0.2) is 0 Å². The maximum atomic E-state index is 12.3. The number of carbonyl (C=O) groups is 2. The third-order valence-corrected chi connectivity index (χ3v) is 5.51. The van der Waals surface area contributed by atoms with Gasteiger partial charge in [-0.3, -0.25) is 9.59 Å². The molecule has 2 amide bonds. The summed E-state index contributed by atoms with van der Waals surface area (Å²) < 4.78 is 5.55.